The lowest BCUT2D eigenvalue weighted by atomic mass is 9.89. The van der Waals surface area contributed by atoms with Crippen LogP contribution in [0.15, 0.2) is 24.5 Å². The molecule has 16 heavy (non-hydrogen) atoms. The molecule has 1 atom stereocenters. The van der Waals surface area contributed by atoms with Crippen molar-refractivity contribution < 1.29 is 0 Å². The Bertz CT molecular complexity index is 255. The second-order valence-corrected chi connectivity index (χ2v) is 4.62. The second-order valence-electron chi connectivity index (χ2n) is 4.62. The molecule has 0 amide bonds. The molecule has 0 radical (unpaired) electrons. The van der Waals surface area contributed by atoms with Gasteiger partial charge in [-0.1, -0.05) is 46.0 Å². The van der Waals surface area contributed by atoms with Crippen molar-refractivity contribution in [2.45, 2.75) is 64.7 Å². The summed E-state index contributed by atoms with van der Waals surface area (Å²) in [6.45, 7) is 4.54. The number of hydrogen-bond donors (Lipinski definition) is 0. The van der Waals surface area contributed by atoms with Crippen molar-refractivity contribution in [1.29, 1.82) is 0 Å². The van der Waals surface area contributed by atoms with E-state index in [9.17, 15) is 0 Å². The van der Waals surface area contributed by atoms with E-state index in [0.29, 0.717) is 0 Å². The third-order valence-corrected chi connectivity index (χ3v) is 3.24. The smallest absolute Gasteiger partial charge is 0.0270 e. The van der Waals surface area contributed by atoms with Crippen molar-refractivity contribution >= 4 is 0 Å². The van der Waals surface area contributed by atoms with Gasteiger partial charge >= 0.3 is 0 Å². The van der Waals surface area contributed by atoms with Gasteiger partial charge in [0.05, 0.1) is 0 Å². The van der Waals surface area contributed by atoms with Gasteiger partial charge in [-0.05, 0) is 36.5 Å². The van der Waals surface area contributed by atoms with Crippen LogP contribution >= 0.6 is 0 Å². The van der Waals surface area contributed by atoms with Crippen LogP contribution in [0.2, 0.25) is 0 Å². The minimum atomic E-state index is 0.759. The first-order chi connectivity index (χ1) is 7.88. The Kier molecular flexibility index (Phi) is 6.87. The van der Waals surface area contributed by atoms with Gasteiger partial charge in [0.15, 0.2) is 0 Å². The number of pyridine rings is 1. The topological polar surface area (TPSA) is 12.9 Å². The van der Waals surface area contributed by atoms with E-state index in [0.717, 1.165) is 5.92 Å². The van der Waals surface area contributed by atoms with Crippen molar-refractivity contribution in [1.82, 2.24) is 4.98 Å². The molecule has 90 valence electrons. The molecular formula is C15H25N. The Morgan fingerprint density at radius 3 is 2.19 bits per heavy atom. The zero-order valence-corrected chi connectivity index (χ0v) is 10.8. The minimum Gasteiger partial charge on any atom is -0.265 e. The summed E-state index contributed by atoms with van der Waals surface area (Å²) in [7, 11) is 0. The summed E-state index contributed by atoms with van der Waals surface area (Å²) in [6.07, 6.45) is 13.2. The summed E-state index contributed by atoms with van der Waals surface area (Å²) in [5.74, 6) is 0.759. The first-order valence-electron chi connectivity index (χ1n) is 6.78. The van der Waals surface area contributed by atoms with Crippen LogP contribution in [0.3, 0.4) is 0 Å². The van der Waals surface area contributed by atoms with Crippen LogP contribution in [0.1, 0.15) is 70.3 Å². The molecule has 0 aromatic carbocycles. The quantitative estimate of drug-likeness (QED) is 0.565. The zero-order valence-electron chi connectivity index (χ0n) is 10.8. The Morgan fingerprint density at radius 2 is 1.56 bits per heavy atom. The highest BCUT2D eigenvalue weighted by atomic mass is 14.6. The molecule has 1 heterocycles. The number of rotatable bonds is 8. The fourth-order valence-electron chi connectivity index (χ4n) is 2.20. The third-order valence-electron chi connectivity index (χ3n) is 3.24. The average molecular weight is 219 g/mol. The molecule has 1 heteroatoms. The molecule has 0 bridgehead atoms. The number of nitrogens with zero attached hydrogens (tertiary/aromatic N) is 1. The van der Waals surface area contributed by atoms with Gasteiger partial charge in [0, 0.05) is 12.4 Å². The van der Waals surface area contributed by atoms with Crippen LogP contribution in [0.5, 0.6) is 0 Å². The molecule has 1 aromatic rings. The van der Waals surface area contributed by atoms with Crippen LogP contribution < -0.4 is 0 Å². The minimum absolute atomic E-state index is 0.759. The number of unbranched alkanes of at least 4 members (excludes halogenated alkanes) is 3. The first kappa shape index (κ1) is 13.2. The van der Waals surface area contributed by atoms with Gasteiger partial charge in [0.2, 0.25) is 0 Å². The SMILES string of the molecule is CCCCCC(CCCC)c1ccncc1. The van der Waals surface area contributed by atoms with E-state index in [1.54, 1.807) is 0 Å². The highest BCUT2D eigenvalue weighted by Crippen LogP contribution is 2.27. The monoisotopic (exact) mass is 219 g/mol. The van der Waals surface area contributed by atoms with Crippen molar-refractivity contribution in [3.63, 3.8) is 0 Å². The van der Waals surface area contributed by atoms with Crippen molar-refractivity contribution in [2.24, 2.45) is 0 Å². The van der Waals surface area contributed by atoms with Gasteiger partial charge < -0.3 is 0 Å². The maximum Gasteiger partial charge on any atom is 0.0270 e. The number of aromatic nitrogens is 1. The summed E-state index contributed by atoms with van der Waals surface area (Å²) in [5, 5.41) is 0. The molecule has 1 nitrogen and oxygen atoms in total. The fourth-order valence-corrected chi connectivity index (χ4v) is 2.20. The molecule has 0 saturated carbocycles. The van der Waals surface area contributed by atoms with E-state index in [-0.39, 0.29) is 0 Å². The van der Waals surface area contributed by atoms with Gasteiger partial charge in [-0.15, -0.1) is 0 Å². The molecule has 1 rings (SSSR count). The van der Waals surface area contributed by atoms with Gasteiger partial charge in [-0.3, -0.25) is 4.98 Å². The van der Waals surface area contributed by atoms with E-state index >= 15 is 0 Å². The lowest BCUT2D eigenvalue weighted by Gasteiger charge is -2.16. The summed E-state index contributed by atoms with van der Waals surface area (Å²) in [6, 6.07) is 4.37. The zero-order chi connectivity index (χ0) is 11.6. The maximum atomic E-state index is 4.10. The standard InChI is InChI=1S/C15H25N/c1-3-5-7-9-14(8-6-4-2)15-10-12-16-13-11-15/h10-14H,3-9H2,1-2H3. The Balaban J connectivity index is 2.49. The maximum absolute atomic E-state index is 4.10. The van der Waals surface area contributed by atoms with Gasteiger partial charge in [0.1, 0.15) is 0 Å². The van der Waals surface area contributed by atoms with E-state index in [4.69, 9.17) is 0 Å². The third kappa shape index (κ3) is 4.78. The van der Waals surface area contributed by atoms with E-state index in [1.807, 2.05) is 12.4 Å². The largest absolute Gasteiger partial charge is 0.265 e. The molecular weight excluding hydrogens is 194 g/mol. The van der Waals surface area contributed by atoms with E-state index in [1.165, 1.54) is 50.5 Å². The molecule has 0 aliphatic heterocycles. The van der Waals surface area contributed by atoms with Crippen molar-refractivity contribution in [3.05, 3.63) is 30.1 Å². The molecule has 0 spiro atoms. The van der Waals surface area contributed by atoms with Gasteiger partial charge in [-0.2, -0.15) is 0 Å². The van der Waals surface area contributed by atoms with E-state index < -0.39 is 0 Å². The normalized spacial score (nSPS) is 12.6. The molecule has 1 unspecified atom stereocenters. The van der Waals surface area contributed by atoms with Gasteiger partial charge in [-0.25, -0.2) is 0 Å². The Hall–Kier alpha value is -0.850. The van der Waals surface area contributed by atoms with Gasteiger partial charge in [0.25, 0.3) is 0 Å². The number of hydrogen-bond acceptors (Lipinski definition) is 1. The van der Waals surface area contributed by atoms with Crippen molar-refractivity contribution in [3.8, 4) is 0 Å². The van der Waals surface area contributed by atoms with Crippen LogP contribution in [-0.4, -0.2) is 4.98 Å². The first-order valence-corrected chi connectivity index (χ1v) is 6.78. The lowest BCUT2D eigenvalue weighted by Crippen LogP contribution is -1.99. The molecule has 0 fully saturated rings. The Morgan fingerprint density at radius 1 is 0.938 bits per heavy atom. The highest BCUT2D eigenvalue weighted by Gasteiger charge is 2.10. The fraction of sp³-hybridized carbons (Fsp3) is 0.667. The highest BCUT2D eigenvalue weighted by molar-refractivity contribution is 5.15. The average Bonchev–Trinajstić information content (AvgIpc) is 2.35. The molecule has 1 aromatic heterocycles. The molecule has 0 aliphatic rings. The molecule has 0 aliphatic carbocycles. The Labute approximate surface area is 100 Å². The molecule has 0 N–H and O–H groups in total. The van der Waals surface area contributed by atoms with E-state index in [2.05, 4.69) is 31.0 Å². The van der Waals surface area contributed by atoms with Crippen LogP contribution in [0.25, 0.3) is 0 Å². The summed E-state index contributed by atoms with van der Waals surface area (Å²) in [4.78, 5) is 4.10. The lowest BCUT2D eigenvalue weighted by molar-refractivity contribution is 0.515. The van der Waals surface area contributed by atoms with Crippen LogP contribution in [0, 0.1) is 0 Å². The predicted octanol–water partition coefficient (Wildman–Crippen LogP) is 4.94. The van der Waals surface area contributed by atoms with Crippen LogP contribution in [0.4, 0.5) is 0 Å². The predicted molar refractivity (Wildman–Crippen MR) is 70.6 cm³/mol. The summed E-state index contributed by atoms with van der Waals surface area (Å²) >= 11 is 0. The second kappa shape index (κ2) is 8.32. The van der Waals surface area contributed by atoms with Crippen molar-refractivity contribution in [2.75, 3.05) is 0 Å². The summed E-state index contributed by atoms with van der Waals surface area (Å²) < 4.78 is 0. The molecule has 0 saturated heterocycles. The van der Waals surface area contributed by atoms with Crippen LogP contribution in [-0.2, 0) is 0 Å². The summed E-state index contributed by atoms with van der Waals surface area (Å²) in [5.41, 5.74) is 1.49.